The summed E-state index contributed by atoms with van der Waals surface area (Å²) in [4.78, 5) is 12.0. The van der Waals surface area contributed by atoms with Gasteiger partial charge in [0.25, 0.3) is 0 Å². The molecule has 3 saturated heterocycles. The van der Waals surface area contributed by atoms with Crippen molar-refractivity contribution in [3.63, 3.8) is 0 Å². The predicted molar refractivity (Wildman–Crippen MR) is 109 cm³/mol. The SMILES string of the molecule is CN=C(NCC1CCCN(C)C1)N1CCC(N2CCOCC2)C1.I. The van der Waals surface area contributed by atoms with E-state index in [4.69, 9.17) is 4.74 Å². The first-order valence-electron chi connectivity index (χ1n) is 9.22. The van der Waals surface area contributed by atoms with E-state index in [1.165, 1.54) is 32.4 Å². The number of piperidine rings is 1. The Balaban J connectivity index is 0.00000208. The van der Waals surface area contributed by atoms with E-state index in [2.05, 4.69) is 32.1 Å². The van der Waals surface area contributed by atoms with Crippen molar-refractivity contribution in [1.82, 2.24) is 20.0 Å². The Kier molecular flexibility index (Phi) is 8.53. The number of nitrogens with zero attached hydrogens (tertiary/aromatic N) is 4. The molecule has 2 unspecified atom stereocenters. The third kappa shape index (κ3) is 5.44. The number of likely N-dealkylation sites (tertiary alicyclic amines) is 2. The van der Waals surface area contributed by atoms with E-state index in [0.717, 1.165) is 57.8 Å². The van der Waals surface area contributed by atoms with Crippen molar-refractivity contribution in [2.75, 3.05) is 73.1 Å². The van der Waals surface area contributed by atoms with Crippen LogP contribution in [0.1, 0.15) is 19.3 Å². The van der Waals surface area contributed by atoms with Gasteiger partial charge in [-0.2, -0.15) is 0 Å². The van der Waals surface area contributed by atoms with Gasteiger partial charge in [0.2, 0.25) is 0 Å². The maximum atomic E-state index is 5.47. The summed E-state index contributed by atoms with van der Waals surface area (Å²) in [5, 5.41) is 3.63. The zero-order valence-corrected chi connectivity index (χ0v) is 17.6. The fourth-order valence-corrected chi connectivity index (χ4v) is 4.18. The zero-order valence-electron chi connectivity index (χ0n) is 15.2. The van der Waals surface area contributed by atoms with Gasteiger partial charge in [0.15, 0.2) is 5.96 Å². The van der Waals surface area contributed by atoms with Crippen molar-refractivity contribution in [2.24, 2.45) is 10.9 Å². The lowest BCUT2D eigenvalue weighted by Crippen LogP contribution is -2.48. The van der Waals surface area contributed by atoms with Crippen molar-refractivity contribution in [1.29, 1.82) is 0 Å². The van der Waals surface area contributed by atoms with E-state index in [1.54, 1.807) is 0 Å². The van der Waals surface area contributed by atoms with E-state index in [1.807, 2.05) is 7.05 Å². The molecule has 3 heterocycles. The average molecular weight is 451 g/mol. The van der Waals surface area contributed by atoms with E-state index >= 15 is 0 Å². The molecule has 0 radical (unpaired) electrons. The number of hydrogen-bond acceptors (Lipinski definition) is 4. The number of hydrogen-bond donors (Lipinski definition) is 1. The quantitative estimate of drug-likeness (QED) is 0.393. The fraction of sp³-hybridized carbons (Fsp3) is 0.941. The summed E-state index contributed by atoms with van der Waals surface area (Å²) < 4.78 is 5.47. The van der Waals surface area contributed by atoms with Crippen LogP contribution < -0.4 is 5.32 Å². The molecule has 0 aromatic heterocycles. The summed E-state index contributed by atoms with van der Waals surface area (Å²) in [6, 6.07) is 0.665. The summed E-state index contributed by atoms with van der Waals surface area (Å²) in [5.41, 5.74) is 0. The van der Waals surface area contributed by atoms with Crippen molar-refractivity contribution < 1.29 is 4.74 Å². The molecule has 0 saturated carbocycles. The molecule has 0 aromatic carbocycles. The van der Waals surface area contributed by atoms with Gasteiger partial charge < -0.3 is 19.9 Å². The van der Waals surface area contributed by atoms with Crippen LogP contribution in [0.5, 0.6) is 0 Å². The van der Waals surface area contributed by atoms with Crippen LogP contribution >= 0.6 is 24.0 Å². The van der Waals surface area contributed by atoms with Gasteiger partial charge in [-0.1, -0.05) is 0 Å². The van der Waals surface area contributed by atoms with Crippen LogP contribution in [0, 0.1) is 5.92 Å². The molecule has 7 heteroatoms. The van der Waals surface area contributed by atoms with Gasteiger partial charge in [-0.25, -0.2) is 0 Å². The standard InChI is InChI=1S/C17H33N5O.HI/c1-18-17(19-12-15-4-3-6-20(2)13-15)22-7-5-16(14-22)21-8-10-23-11-9-21;/h15-16H,3-14H2,1-2H3,(H,18,19);1H. The van der Waals surface area contributed by atoms with Gasteiger partial charge >= 0.3 is 0 Å². The van der Waals surface area contributed by atoms with Crippen molar-refractivity contribution in [2.45, 2.75) is 25.3 Å². The van der Waals surface area contributed by atoms with E-state index in [-0.39, 0.29) is 24.0 Å². The highest BCUT2D eigenvalue weighted by Crippen LogP contribution is 2.18. The second-order valence-electron chi connectivity index (χ2n) is 7.24. The topological polar surface area (TPSA) is 43.3 Å². The Hall–Kier alpha value is -0.120. The van der Waals surface area contributed by atoms with E-state index in [9.17, 15) is 0 Å². The van der Waals surface area contributed by atoms with Crippen LogP contribution in [0.4, 0.5) is 0 Å². The fourth-order valence-electron chi connectivity index (χ4n) is 4.18. The molecule has 3 aliphatic heterocycles. The largest absolute Gasteiger partial charge is 0.379 e. The van der Waals surface area contributed by atoms with Gasteiger partial charge in [0.1, 0.15) is 0 Å². The first kappa shape index (κ1) is 20.2. The molecule has 2 atom stereocenters. The van der Waals surface area contributed by atoms with E-state index < -0.39 is 0 Å². The molecule has 0 aliphatic carbocycles. The number of guanidine groups is 1. The number of aliphatic imine (C=N–C) groups is 1. The Morgan fingerprint density at radius 3 is 2.62 bits per heavy atom. The molecule has 24 heavy (non-hydrogen) atoms. The zero-order chi connectivity index (χ0) is 16.1. The molecule has 0 spiro atoms. The normalized spacial score (nSPS) is 30.2. The molecule has 140 valence electrons. The first-order valence-corrected chi connectivity index (χ1v) is 9.22. The molecule has 3 fully saturated rings. The van der Waals surface area contributed by atoms with Crippen LogP contribution in [0.25, 0.3) is 0 Å². The van der Waals surface area contributed by atoms with Crippen molar-refractivity contribution >= 4 is 29.9 Å². The lowest BCUT2D eigenvalue weighted by atomic mass is 9.99. The monoisotopic (exact) mass is 451 g/mol. The molecule has 3 aliphatic rings. The minimum atomic E-state index is 0. The van der Waals surface area contributed by atoms with Gasteiger partial charge in [-0.3, -0.25) is 9.89 Å². The third-order valence-corrected chi connectivity index (χ3v) is 5.51. The van der Waals surface area contributed by atoms with E-state index in [0.29, 0.717) is 6.04 Å². The summed E-state index contributed by atoms with van der Waals surface area (Å²) in [5.74, 6) is 1.84. The molecule has 1 N–H and O–H groups in total. The highest BCUT2D eigenvalue weighted by Gasteiger charge is 2.30. The van der Waals surface area contributed by atoms with Gasteiger partial charge in [-0.15, -0.1) is 24.0 Å². The molecule has 0 aromatic rings. The van der Waals surface area contributed by atoms with Crippen LogP contribution in [-0.4, -0.2) is 99.8 Å². The summed E-state index contributed by atoms with van der Waals surface area (Å²) in [6.45, 7) is 9.67. The number of halogens is 1. The van der Waals surface area contributed by atoms with Crippen LogP contribution in [-0.2, 0) is 4.74 Å². The number of rotatable bonds is 3. The summed E-state index contributed by atoms with van der Waals surface area (Å²) >= 11 is 0. The maximum absolute atomic E-state index is 5.47. The molecule has 6 nitrogen and oxygen atoms in total. The number of ether oxygens (including phenoxy) is 1. The molecule has 0 amide bonds. The highest BCUT2D eigenvalue weighted by molar-refractivity contribution is 14.0. The number of nitrogens with one attached hydrogen (secondary N) is 1. The average Bonchev–Trinajstić information content (AvgIpc) is 3.06. The Bertz CT molecular complexity index is 402. The summed E-state index contributed by atoms with van der Waals surface area (Å²) in [7, 11) is 4.14. The third-order valence-electron chi connectivity index (χ3n) is 5.51. The lowest BCUT2D eigenvalue weighted by Gasteiger charge is -2.33. The smallest absolute Gasteiger partial charge is 0.193 e. The number of morpholine rings is 1. The summed E-state index contributed by atoms with van der Waals surface area (Å²) in [6.07, 6.45) is 3.90. The molecular formula is C17H34IN5O. The first-order chi connectivity index (χ1) is 11.3. The molecule has 0 bridgehead atoms. The highest BCUT2D eigenvalue weighted by atomic mass is 127. The van der Waals surface area contributed by atoms with Gasteiger partial charge in [0, 0.05) is 52.4 Å². The van der Waals surface area contributed by atoms with Crippen molar-refractivity contribution in [3.05, 3.63) is 0 Å². The molecule has 3 rings (SSSR count). The Labute approximate surface area is 164 Å². The van der Waals surface area contributed by atoms with Crippen LogP contribution in [0.3, 0.4) is 0 Å². The Morgan fingerprint density at radius 2 is 1.92 bits per heavy atom. The van der Waals surface area contributed by atoms with Crippen molar-refractivity contribution in [3.8, 4) is 0 Å². The minimum Gasteiger partial charge on any atom is -0.379 e. The second kappa shape index (κ2) is 10.1. The Morgan fingerprint density at radius 1 is 1.12 bits per heavy atom. The minimum absolute atomic E-state index is 0. The molecular weight excluding hydrogens is 417 g/mol. The lowest BCUT2D eigenvalue weighted by molar-refractivity contribution is 0.0194. The van der Waals surface area contributed by atoms with Crippen LogP contribution in [0.2, 0.25) is 0 Å². The van der Waals surface area contributed by atoms with Crippen LogP contribution in [0.15, 0.2) is 4.99 Å². The van der Waals surface area contributed by atoms with Gasteiger partial charge in [0.05, 0.1) is 13.2 Å². The van der Waals surface area contributed by atoms with Gasteiger partial charge in [-0.05, 0) is 38.8 Å². The maximum Gasteiger partial charge on any atom is 0.193 e. The predicted octanol–water partition coefficient (Wildman–Crippen LogP) is 0.928. The second-order valence-corrected chi connectivity index (χ2v) is 7.24.